The second-order valence-electron chi connectivity index (χ2n) is 4.07. The molecule has 17 heavy (non-hydrogen) atoms. The number of anilines is 2. The molecule has 1 aromatic rings. The van der Waals surface area contributed by atoms with Crippen LogP contribution in [0.4, 0.5) is 17.1 Å². The van der Waals surface area contributed by atoms with Crippen LogP contribution in [0.3, 0.4) is 0 Å². The zero-order chi connectivity index (χ0) is 12.8. The number of nitro groups is 1. The van der Waals surface area contributed by atoms with Crippen molar-refractivity contribution in [2.45, 2.75) is 39.2 Å². The molecule has 0 aromatic heterocycles. The molecule has 0 aliphatic rings. The van der Waals surface area contributed by atoms with E-state index in [4.69, 9.17) is 5.73 Å². The van der Waals surface area contributed by atoms with E-state index in [1.807, 2.05) is 0 Å². The van der Waals surface area contributed by atoms with E-state index in [2.05, 4.69) is 19.2 Å². The summed E-state index contributed by atoms with van der Waals surface area (Å²) >= 11 is 0. The van der Waals surface area contributed by atoms with Gasteiger partial charge in [-0.2, -0.15) is 0 Å². The lowest BCUT2D eigenvalue weighted by Crippen LogP contribution is -2.18. The van der Waals surface area contributed by atoms with Crippen molar-refractivity contribution in [2.75, 3.05) is 11.1 Å². The third-order valence-electron chi connectivity index (χ3n) is 2.72. The van der Waals surface area contributed by atoms with Crippen LogP contribution in [-0.2, 0) is 0 Å². The topological polar surface area (TPSA) is 81.2 Å². The molecule has 0 aliphatic heterocycles. The Hall–Kier alpha value is -1.78. The maximum atomic E-state index is 10.6. The van der Waals surface area contributed by atoms with Crippen molar-refractivity contribution in [3.05, 3.63) is 28.3 Å². The Morgan fingerprint density at radius 1 is 1.47 bits per heavy atom. The van der Waals surface area contributed by atoms with Gasteiger partial charge in [-0.3, -0.25) is 10.1 Å². The van der Waals surface area contributed by atoms with Crippen LogP contribution in [0.2, 0.25) is 0 Å². The SMILES string of the molecule is CCCC(CC)Nc1ccc([N+](=O)[O-])c(N)c1. The second-order valence-corrected chi connectivity index (χ2v) is 4.07. The van der Waals surface area contributed by atoms with Crippen LogP contribution < -0.4 is 11.1 Å². The summed E-state index contributed by atoms with van der Waals surface area (Å²) in [4.78, 5) is 10.1. The number of nitrogens with one attached hydrogen (secondary N) is 1. The summed E-state index contributed by atoms with van der Waals surface area (Å²) in [5, 5.41) is 14.0. The smallest absolute Gasteiger partial charge is 0.292 e. The number of nitrogens with zero attached hydrogens (tertiary/aromatic N) is 1. The highest BCUT2D eigenvalue weighted by atomic mass is 16.6. The minimum atomic E-state index is -0.470. The first-order valence-corrected chi connectivity index (χ1v) is 5.88. The van der Waals surface area contributed by atoms with Gasteiger partial charge in [-0.05, 0) is 25.0 Å². The molecule has 0 spiro atoms. The third-order valence-corrected chi connectivity index (χ3v) is 2.72. The molecule has 5 heteroatoms. The Morgan fingerprint density at radius 3 is 2.65 bits per heavy atom. The molecule has 0 bridgehead atoms. The Balaban J connectivity index is 2.79. The second kappa shape index (κ2) is 6.08. The maximum Gasteiger partial charge on any atom is 0.292 e. The van der Waals surface area contributed by atoms with E-state index in [1.165, 1.54) is 6.07 Å². The van der Waals surface area contributed by atoms with Crippen molar-refractivity contribution in [2.24, 2.45) is 0 Å². The molecule has 0 heterocycles. The van der Waals surface area contributed by atoms with Gasteiger partial charge >= 0.3 is 0 Å². The predicted octanol–water partition coefficient (Wildman–Crippen LogP) is 3.17. The monoisotopic (exact) mass is 237 g/mol. The lowest BCUT2D eigenvalue weighted by Gasteiger charge is -2.17. The Kier molecular flexibility index (Phi) is 4.75. The van der Waals surface area contributed by atoms with E-state index >= 15 is 0 Å². The van der Waals surface area contributed by atoms with Crippen molar-refractivity contribution in [1.29, 1.82) is 0 Å². The Morgan fingerprint density at radius 2 is 2.18 bits per heavy atom. The Labute approximate surface area is 101 Å². The minimum Gasteiger partial charge on any atom is -0.393 e. The average molecular weight is 237 g/mol. The van der Waals surface area contributed by atoms with Gasteiger partial charge in [0.1, 0.15) is 5.69 Å². The number of nitrogen functional groups attached to an aromatic ring is 1. The molecule has 5 nitrogen and oxygen atoms in total. The molecule has 3 N–H and O–H groups in total. The quantitative estimate of drug-likeness (QED) is 0.452. The summed E-state index contributed by atoms with van der Waals surface area (Å²) in [5.74, 6) is 0. The van der Waals surface area contributed by atoms with Gasteiger partial charge in [-0.25, -0.2) is 0 Å². The first kappa shape index (κ1) is 13.3. The highest BCUT2D eigenvalue weighted by Crippen LogP contribution is 2.25. The molecule has 1 atom stereocenters. The summed E-state index contributed by atoms with van der Waals surface area (Å²) < 4.78 is 0. The standard InChI is InChI=1S/C12H19N3O2/c1-3-5-9(4-2)14-10-6-7-12(15(16)17)11(13)8-10/h6-9,14H,3-5,13H2,1-2H3. The van der Waals surface area contributed by atoms with E-state index in [0.29, 0.717) is 6.04 Å². The van der Waals surface area contributed by atoms with Crippen LogP contribution in [0.25, 0.3) is 0 Å². The van der Waals surface area contributed by atoms with E-state index in [9.17, 15) is 10.1 Å². The molecule has 1 unspecified atom stereocenters. The van der Waals surface area contributed by atoms with Crippen molar-refractivity contribution in [1.82, 2.24) is 0 Å². The van der Waals surface area contributed by atoms with Crippen LogP contribution in [-0.4, -0.2) is 11.0 Å². The summed E-state index contributed by atoms with van der Waals surface area (Å²) in [6.45, 7) is 4.25. The zero-order valence-corrected chi connectivity index (χ0v) is 10.3. The van der Waals surface area contributed by atoms with Crippen LogP contribution in [0.1, 0.15) is 33.1 Å². The van der Waals surface area contributed by atoms with Crippen LogP contribution in [0.5, 0.6) is 0 Å². The molecule has 0 saturated heterocycles. The van der Waals surface area contributed by atoms with Gasteiger partial charge in [0.2, 0.25) is 0 Å². The van der Waals surface area contributed by atoms with Crippen molar-refractivity contribution >= 4 is 17.1 Å². The normalized spacial score (nSPS) is 12.1. The first-order valence-electron chi connectivity index (χ1n) is 5.88. The fourth-order valence-corrected chi connectivity index (χ4v) is 1.77. The molecule has 0 saturated carbocycles. The molecule has 94 valence electrons. The van der Waals surface area contributed by atoms with Crippen molar-refractivity contribution < 1.29 is 4.92 Å². The van der Waals surface area contributed by atoms with Crippen molar-refractivity contribution in [3.8, 4) is 0 Å². The predicted molar refractivity (Wildman–Crippen MR) is 70.1 cm³/mol. The van der Waals surface area contributed by atoms with Crippen LogP contribution >= 0.6 is 0 Å². The fraction of sp³-hybridized carbons (Fsp3) is 0.500. The number of nitrogens with two attached hydrogens (primary N) is 1. The molecule has 1 rings (SSSR count). The molecule has 0 fully saturated rings. The summed E-state index contributed by atoms with van der Waals surface area (Å²) in [5.41, 5.74) is 6.63. The van der Waals surface area contributed by atoms with Crippen LogP contribution in [0, 0.1) is 10.1 Å². The van der Waals surface area contributed by atoms with Gasteiger partial charge in [0, 0.05) is 17.8 Å². The molecule has 1 aromatic carbocycles. The number of hydrogen-bond acceptors (Lipinski definition) is 4. The lowest BCUT2D eigenvalue weighted by atomic mass is 10.1. The molecular weight excluding hydrogens is 218 g/mol. The van der Waals surface area contributed by atoms with Crippen LogP contribution in [0.15, 0.2) is 18.2 Å². The highest BCUT2D eigenvalue weighted by Gasteiger charge is 2.12. The Bertz CT molecular complexity index is 393. The zero-order valence-electron chi connectivity index (χ0n) is 10.3. The lowest BCUT2D eigenvalue weighted by molar-refractivity contribution is -0.383. The first-order chi connectivity index (χ1) is 8.08. The number of benzene rings is 1. The van der Waals surface area contributed by atoms with Gasteiger partial charge < -0.3 is 11.1 Å². The van der Waals surface area contributed by atoms with E-state index in [1.54, 1.807) is 12.1 Å². The third kappa shape index (κ3) is 3.62. The van der Waals surface area contributed by atoms with E-state index < -0.39 is 4.92 Å². The van der Waals surface area contributed by atoms with E-state index in [0.717, 1.165) is 24.9 Å². The highest BCUT2D eigenvalue weighted by molar-refractivity contribution is 5.66. The fourth-order valence-electron chi connectivity index (χ4n) is 1.77. The minimum absolute atomic E-state index is 0.0425. The summed E-state index contributed by atoms with van der Waals surface area (Å²) in [6, 6.07) is 5.15. The summed E-state index contributed by atoms with van der Waals surface area (Å²) in [7, 11) is 0. The average Bonchev–Trinajstić information content (AvgIpc) is 2.28. The molecular formula is C12H19N3O2. The van der Waals surface area contributed by atoms with Gasteiger partial charge in [-0.1, -0.05) is 20.3 Å². The maximum absolute atomic E-state index is 10.6. The molecule has 0 radical (unpaired) electrons. The van der Waals surface area contributed by atoms with Gasteiger partial charge in [0.15, 0.2) is 0 Å². The molecule has 0 amide bonds. The number of hydrogen-bond donors (Lipinski definition) is 2. The van der Waals surface area contributed by atoms with E-state index in [-0.39, 0.29) is 11.4 Å². The van der Waals surface area contributed by atoms with Gasteiger partial charge in [0.25, 0.3) is 5.69 Å². The van der Waals surface area contributed by atoms with Gasteiger partial charge in [-0.15, -0.1) is 0 Å². The van der Waals surface area contributed by atoms with Gasteiger partial charge in [0.05, 0.1) is 4.92 Å². The molecule has 0 aliphatic carbocycles. The largest absolute Gasteiger partial charge is 0.393 e. The number of rotatable bonds is 6. The summed E-state index contributed by atoms with van der Waals surface area (Å²) in [6.07, 6.45) is 3.20. The van der Waals surface area contributed by atoms with Crippen molar-refractivity contribution in [3.63, 3.8) is 0 Å². The number of nitro benzene ring substituents is 1.